The molecule has 4 nitrogen and oxygen atoms in total. The SMILES string of the molecule is CN=C(NCCCOC)NCC(C)(C)c1cccc(C)c1. The fraction of sp³-hybridized carbons (Fsp3) is 0.588. The average molecular weight is 291 g/mol. The first-order valence-corrected chi connectivity index (χ1v) is 7.50. The Hall–Kier alpha value is -1.55. The lowest BCUT2D eigenvalue weighted by Crippen LogP contribution is -2.43. The molecule has 21 heavy (non-hydrogen) atoms. The summed E-state index contributed by atoms with van der Waals surface area (Å²) in [6, 6.07) is 8.67. The van der Waals surface area contributed by atoms with Gasteiger partial charge in [0.2, 0.25) is 0 Å². The van der Waals surface area contributed by atoms with Crippen molar-refractivity contribution in [2.24, 2.45) is 4.99 Å². The largest absolute Gasteiger partial charge is 0.385 e. The van der Waals surface area contributed by atoms with Crippen LogP contribution in [0.2, 0.25) is 0 Å². The van der Waals surface area contributed by atoms with Crippen LogP contribution in [0.1, 0.15) is 31.4 Å². The smallest absolute Gasteiger partial charge is 0.191 e. The van der Waals surface area contributed by atoms with Crippen molar-refractivity contribution in [3.63, 3.8) is 0 Å². The van der Waals surface area contributed by atoms with Crippen LogP contribution in [0.4, 0.5) is 0 Å². The molecule has 0 saturated heterocycles. The van der Waals surface area contributed by atoms with Crippen LogP contribution in [0.3, 0.4) is 0 Å². The van der Waals surface area contributed by atoms with Crippen molar-refractivity contribution in [1.29, 1.82) is 0 Å². The number of hydrogen-bond donors (Lipinski definition) is 2. The zero-order valence-electron chi connectivity index (χ0n) is 14.0. The van der Waals surface area contributed by atoms with Crippen LogP contribution in [0.15, 0.2) is 29.3 Å². The van der Waals surface area contributed by atoms with E-state index in [0.29, 0.717) is 0 Å². The zero-order chi connectivity index (χ0) is 15.7. The molecule has 2 N–H and O–H groups in total. The molecule has 4 heteroatoms. The molecular formula is C17H29N3O. The first-order valence-electron chi connectivity index (χ1n) is 7.50. The van der Waals surface area contributed by atoms with Crippen LogP contribution in [0.5, 0.6) is 0 Å². The zero-order valence-corrected chi connectivity index (χ0v) is 14.0. The number of guanidine groups is 1. The summed E-state index contributed by atoms with van der Waals surface area (Å²) in [7, 11) is 3.52. The second-order valence-electron chi connectivity index (χ2n) is 5.95. The van der Waals surface area contributed by atoms with E-state index in [1.165, 1.54) is 11.1 Å². The van der Waals surface area contributed by atoms with Crippen LogP contribution >= 0.6 is 0 Å². The second-order valence-corrected chi connectivity index (χ2v) is 5.95. The normalized spacial score (nSPS) is 12.3. The van der Waals surface area contributed by atoms with E-state index in [4.69, 9.17) is 4.74 Å². The van der Waals surface area contributed by atoms with E-state index in [0.717, 1.165) is 32.1 Å². The molecule has 0 bridgehead atoms. The Morgan fingerprint density at radius 2 is 2.05 bits per heavy atom. The number of aryl methyl sites for hydroxylation is 1. The third kappa shape index (κ3) is 6.17. The van der Waals surface area contributed by atoms with E-state index in [1.54, 1.807) is 14.2 Å². The lowest BCUT2D eigenvalue weighted by atomic mass is 9.84. The number of aliphatic imine (C=N–C) groups is 1. The van der Waals surface area contributed by atoms with Crippen molar-refractivity contribution in [2.75, 3.05) is 33.9 Å². The lowest BCUT2D eigenvalue weighted by molar-refractivity contribution is 0.195. The molecule has 0 aliphatic carbocycles. The third-order valence-electron chi connectivity index (χ3n) is 3.54. The summed E-state index contributed by atoms with van der Waals surface area (Å²) >= 11 is 0. The molecule has 0 saturated carbocycles. The van der Waals surface area contributed by atoms with Gasteiger partial charge in [-0.15, -0.1) is 0 Å². The van der Waals surface area contributed by atoms with Crippen molar-refractivity contribution in [2.45, 2.75) is 32.6 Å². The van der Waals surface area contributed by atoms with Crippen LogP contribution in [0, 0.1) is 6.92 Å². The highest BCUT2D eigenvalue weighted by atomic mass is 16.5. The third-order valence-corrected chi connectivity index (χ3v) is 3.54. The van der Waals surface area contributed by atoms with Gasteiger partial charge in [0.1, 0.15) is 0 Å². The summed E-state index contributed by atoms with van der Waals surface area (Å²) < 4.78 is 5.04. The Kier molecular flexibility index (Phi) is 7.23. The molecule has 1 rings (SSSR count). The summed E-state index contributed by atoms with van der Waals surface area (Å²) in [5.74, 6) is 0.840. The van der Waals surface area contributed by atoms with Crippen LogP contribution in [-0.4, -0.2) is 39.8 Å². The molecule has 118 valence electrons. The van der Waals surface area contributed by atoms with Crippen LogP contribution < -0.4 is 10.6 Å². The fourth-order valence-electron chi connectivity index (χ4n) is 2.12. The minimum atomic E-state index is 0.0518. The molecule has 0 heterocycles. The van der Waals surface area contributed by atoms with Gasteiger partial charge in [0, 0.05) is 39.3 Å². The number of ether oxygens (including phenoxy) is 1. The molecule has 1 aromatic rings. The Morgan fingerprint density at radius 3 is 2.67 bits per heavy atom. The first kappa shape index (κ1) is 17.5. The summed E-state index contributed by atoms with van der Waals surface area (Å²) in [5.41, 5.74) is 2.68. The Balaban J connectivity index is 2.51. The van der Waals surface area contributed by atoms with E-state index in [1.807, 2.05) is 0 Å². The molecule has 0 amide bonds. The molecule has 0 spiro atoms. The molecule has 0 aliphatic heterocycles. The van der Waals surface area contributed by atoms with E-state index < -0.39 is 0 Å². The maximum absolute atomic E-state index is 5.04. The van der Waals surface area contributed by atoms with Gasteiger partial charge in [0.05, 0.1) is 0 Å². The predicted molar refractivity (Wildman–Crippen MR) is 90.1 cm³/mol. The second kappa shape index (κ2) is 8.67. The topological polar surface area (TPSA) is 45.7 Å². The van der Waals surface area contributed by atoms with E-state index in [2.05, 4.69) is 60.7 Å². The van der Waals surface area contributed by atoms with E-state index in [9.17, 15) is 0 Å². The number of hydrogen-bond acceptors (Lipinski definition) is 2. The van der Waals surface area contributed by atoms with Gasteiger partial charge < -0.3 is 15.4 Å². The monoisotopic (exact) mass is 291 g/mol. The summed E-state index contributed by atoms with van der Waals surface area (Å²) in [6.07, 6.45) is 0.971. The van der Waals surface area contributed by atoms with Crippen LogP contribution in [0.25, 0.3) is 0 Å². The van der Waals surface area contributed by atoms with Gasteiger partial charge in [-0.3, -0.25) is 4.99 Å². The number of nitrogens with zero attached hydrogens (tertiary/aromatic N) is 1. The first-order chi connectivity index (χ1) is 9.99. The van der Waals surface area contributed by atoms with Crippen molar-refractivity contribution in [3.8, 4) is 0 Å². The van der Waals surface area contributed by atoms with Gasteiger partial charge in [-0.2, -0.15) is 0 Å². The number of rotatable bonds is 7. The Labute approximate surface area is 129 Å². The molecule has 0 aliphatic rings. The highest BCUT2D eigenvalue weighted by Gasteiger charge is 2.20. The number of benzene rings is 1. The molecular weight excluding hydrogens is 262 g/mol. The Bertz CT molecular complexity index is 455. The quantitative estimate of drug-likeness (QED) is 0.461. The van der Waals surface area contributed by atoms with Gasteiger partial charge in [-0.25, -0.2) is 0 Å². The van der Waals surface area contributed by atoms with Crippen molar-refractivity contribution < 1.29 is 4.74 Å². The number of methoxy groups -OCH3 is 1. The maximum Gasteiger partial charge on any atom is 0.191 e. The highest BCUT2D eigenvalue weighted by Crippen LogP contribution is 2.22. The van der Waals surface area contributed by atoms with Crippen molar-refractivity contribution in [1.82, 2.24) is 10.6 Å². The maximum atomic E-state index is 5.04. The summed E-state index contributed by atoms with van der Waals surface area (Å²) in [5, 5.41) is 6.70. The van der Waals surface area contributed by atoms with Gasteiger partial charge in [-0.05, 0) is 18.9 Å². The van der Waals surface area contributed by atoms with Crippen molar-refractivity contribution in [3.05, 3.63) is 35.4 Å². The van der Waals surface area contributed by atoms with Crippen LogP contribution in [-0.2, 0) is 10.2 Å². The van der Waals surface area contributed by atoms with Gasteiger partial charge >= 0.3 is 0 Å². The molecule has 0 atom stereocenters. The standard InChI is InChI=1S/C17H29N3O/c1-14-8-6-9-15(12-14)17(2,3)13-20-16(18-4)19-10-7-11-21-5/h6,8-9,12H,7,10-11,13H2,1-5H3,(H2,18,19,20). The molecule has 0 radical (unpaired) electrons. The fourth-order valence-corrected chi connectivity index (χ4v) is 2.12. The molecule has 0 fully saturated rings. The highest BCUT2D eigenvalue weighted by molar-refractivity contribution is 5.79. The summed E-state index contributed by atoms with van der Waals surface area (Å²) in [4.78, 5) is 4.25. The van der Waals surface area contributed by atoms with Gasteiger partial charge in [0.15, 0.2) is 5.96 Å². The number of nitrogens with one attached hydrogen (secondary N) is 2. The minimum Gasteiger partial charge on any atom is -0.385 e. The average Bonchev–Trinajstić information content (AvgIpc) is 2.46. The van der Waals surface area contributed by atoms with Gasteiger partial charge in [-0.1, -0.05) is 43.7 Å². The van der Waals surface area contributed by atoms with E-state index in [-0.39, 0.29) is 5.41 Å². The minimum absolute atomic E-state index is 0.0518. The molecule has 1 aromatic carbocycles. The van der Waals surface area contributed by atoms with Crippen molar-refractivity contribution >= 4 is 5.96 Å². The lowest BCUT2D eigenvalue weighted by Gasteiger charge is -2.27. The van der Waals surface area contributed by atoms with E-state index >= 15 is 0 Å². The Morgan fingerprint density at radius 1 is 1.29 bits per heavy atom. The van der Waals surface area contributed by atoms with Gasteiger partial charge in [0.25, 0.3) is 0 Å². The molecule has 0 unspecified atom stereocenters. The summed E-state index contributed by atoms with van der Waals surface area (Å²) in [6.45, 7) is 9.07. The predicted octanol–water partition coefficient (Wildman–Crippen LogP) is 2.47. The molecule has 0 aromatic heterocycles.